The molecule has 32 heavy (non-hydrogen) atoms. The molecule has 1 atom stereocenters. The lowest BCUT2D eigenvalue weighted by atomic mass is 9.94. The van der Waals surface area contributed by atoms with E-state index in [0.717, 1.165) is 5.56 Å². The molecule has 0 saturated carbocycles. The van der Waals surface area contributed by atoms with Gasteiger partial charge in [-0.1, -0.05) is 11.6 Å². The van der Waals surface area contributed by atoms with Crippen molar-refractivity contribution in [3.63, 3.8) is 0 Å². The van der Waals surface area contributed by atoms with Crippen LogP contribution in [0.5, 0.6) is 5.75 Å². The lowest BCUT2D eigenvalue weighted by Gasteiger charge is -2.47. The van der Waals surface area contributed by atoms with E-state index in [9.17, 15) is 9.59 Å². The van der Waals surface area contributed by atoms with E-state index in [1.165, 1.54) is 13.3 Å². The molecule has 2 amide bonds. The van der Waals surface area contributed by atoms with E-state index in [4.69, 9.17) is 21.1 Å². The number of halogens is 1. The normalized spacial score (nSPS) is 15.8. The van der Waals surface area contributed by atoms with Gasteiger partial charge in [0.05, 0.1) is 37.0 Å². The van der Waals surface area contributed by atoms with E-state index < -0.39 is 11.9 Å². The molecule has 1 fully saturated rings. The van der Waals surface area contributed by atoms with Gasteiger partial charge in [0, 0.05) is 31.3 Å². The highest BCUT2D eigenvalue weighted by Gasteiger charge is 2.43. The number of likely N-dealkylation sites (tertiary alicyclic amines) is 1. The van der Waals surface area contributed by atoms with E-state index in [-0.39, 0.29) is 17.9 Å². The number of carbonyl (C=O) groups excluding carboxylic acids is 2. The van der Waals surface area contributed by atoms with Crippen molar-refractivity contribution in [2.24, 2.45) is 0 Å². The first-order valence-corrected chi connectivity index (χ1v) is 10.5. The van der Waals surface area contributed by atoms with Crippen LogP contribution >= 0.6 is 11.6 Å². The van der Waals surface area contributed by atoms with Gasteiger partial charge in [0.2, 0.25) is 5.91 Å². The number of H-pyrrole nitrogens is 1. The lowest BCUT2D eigenvalue weighted by molar-refractivity contribution is -0.159. The number of pyridine rings is 2. The van der Waals surface area contributed by atoms with Crippen molar-refractivity contribution in [1.82, 2.24) is 25.2 Å². The quantitative estimate of drug-likeness (QED) is 0.563. The molecule has 1 saturated heterocycles. The Morgan fingerprint density at radius 1 is 1.31 bits per heavy atom. The number of aromatic amines is 1. The summed E-state index contributed by atoms with van der Waals surface area (Å²) in [6.07, 6.45) is 4.96. The van der Waals surface area contributed by atoms with Crippen LogP contribution in [-0.4, -0.2) is 70.6 Å². The molecule has 10 heteroatoms. The van der Waals surface area contributed by atoms with Crippen LogP contribution in [0, 0.1) is 0 Å². The minimum atomic E-state index is -0.803. The maximum atomic E-state index is 13.3. The zero-order chi connectivity index (χ0) is 22.9. The summed E-state index contributed by atoms with van der Waals surface area (Å²) in [5.41, 5.74) is 1.22. The zero-order valence-corrected chi connectivity index (χ0v) is 18.8. The van der Waals surface area contributed by atoms with Gasteiger partial charge in [-0.2, -0.15) is 0 Å². The van der Waals surface area contributed by atoms with Crippen molar-refractivity contribution in [1.29, 1.82) is 0 Å². The Kier molecular flexibility index (Phi) is 6.03. The van der Waals surface area contributed by atoms with Gasteiger partial charge in [-0.05, 0) is 30.7 Å². The van der Waals surface area contributed by atoms with Crippen molar-refractivity contribution in [2.75, 3.05) is 27.3 Å². The number of amides is 2. The molecule has 2 N–H and O–H groups in total. The van der Waals surface area contributed by atoms with Crippen molar-refractivity contribution in [3.8, 4) is 5.75 Å². The Labute approximate surface area is 190 Å². The molecule has 4 heterocycles. The van der Waals surface area contributed by atoms with Crippen LogP contribution in [0.2, 0.25) is 5.02 Å². The Balaban J connectivity index is 1.57. The van der Waals surface area contributed by atoms with Gasteiger partial charge in [-0.3, -0.25) is 14.6 Å². The second-order valence-electron chi connectivity index (χ2n) is 8.04. The molecule has 3 aromatic heterocycles. The number of ether oxygens (including phenoxy) is 2. The molecule has 1 aliphatic rings. The number of aromatic nitrogens is 3. The highest BCUT2D eigenvalue weighted by atomic mass is 35.5. The summed E-state index contributed by atoms with van der Waals surface area (Å²) in [6.45, 7) is 2.85. The fraction of sp³-hybridized carbons (Fsp3) is 0.364. The number of nitrogens with zero attached hydrogens (tertiary/aromatic N) is 3. The predicted octanol–water partition coefficient (Wildman–Crippen LogP) is 2.21. The van der Waals surface area contributed by atoms with Crippen LogP contribution in [0.15, 0.2) is 36.8 Å². The van der Waals surface area contributed by atoms with Crippen LogP contribution in [0.25, 0.3) is 11.0 Å². The van der Waals surface area contributed by atoms with Crippen molar-refractivity contribution < 1.29 is 19.1 Å². The van der Waals surface area contributed by atoms with Crippen LogP contribution < -0.4 is 10.1 Å². The average molecular weight is 458 g/mol. The summed E-state index contributed by atoms with van der Waals surface area (Å²) in [6, 6.07) is 4.34. The molecule has 1 aliphatic heterocycles. The molecule has 0 spiro atoms. The van der Waals surface area contributed by atoms with Gasteiger partial charge in [-0.15, -0.1) is 0 Å². The summed E-state index contributed by atoms with van der Waals surface area (Å²) in [7, 11) is 3.16. The molecule has 9 nitrogen and oxygen atoms in total. The molecule has 0 unspecified atom stereocenters. The number of nitrogens with one attached hydrogen (secondary N) is 2. The third kappa shape index (κ3) is 4.39. The molecule has 0 radical (unpaired) electrons. The smallest absolute Gasteiger partial charge is 0.268 e. The van der Waals surface area contributed by atoms with Crippen LogP contribution in [0.1, 0.15) is 23.0 Å². The number of carbonyl (C=O) groups is 2. The molecule has 0 aromatic carbocycles. The molecule has 3 aromatic rings. The molecule has 168 valence electrons. The second-order valence-corrected chi connectivity index (χ2v) is 8.48. The van der Waals surface area contributed by atoms with E-state index in [1.54, 1.807) is 42.6 Å². The van der Waals surface area contributed by atoms with Crippen molar-refractivity contribution >= 4 is 34.4 Å². The van der Waals surface area contributed by atoms with Gasteiger partial charge in [0.15, 0.2) is 0 Å². The van der Waals surface area contributed by atoms with Gasteiger partial charge in [0.25, 0.3) is 5.91 Å². The third-order valence-corrected chi connectivity index (χ3v) is 5.86. The molecule has 4 rings (SSSR count). The second kappa shape index (κ2) is 8.76. The van der Waals surface area contributed by atoms with E-state index in [0.29, 0.717) is 40.6 Å². The first-order valence-electron chi connectivity index (χ1n) is 10.1. The Hall–Kier alpha value is -3.17. The SMILES string of the molecule is COc1cnccc1C[C@@H](NC(=O)c1cc2cc(Cl)cnc2[nH]1)C(=O)N1CC(C)(OC)C1. The maximum absolute atomic E-state index is 13.3. The van der Waals surface area contributed by atoms with Crippen LogP contribution in [0.3, 0.4) is 0 Å². The summed E-state index contributed by atoms with van der Waals surface area (Å²) in [4.78, 5) is 39.2. The third-order valence-electron chi connectivity index (χ3n) is 5.65. The van der Waals surface area contributed by atoms with Gasteiger partial charge in [0.1, 0.15) is 23.1 Å². The molecule has 0 aliphatic carbocycles. The highest BCUT2D eigenvalue weighted by Crippen LogP contribution is 2.26. The van der Waals surface area contributed by atoms with Crippen molar-refractivity contribution in [3.05, 3.63) is 53.1 Å². The number of methoxy groups -OCH3 is 2. The van der Waals surface area contributed by atoms with E-state index in [2.05, 4.69) is 20.3 Å². The lowest BCUT2D eigenvalue weighted by Crippen LogP contribution is -2.66. The molecular formula is C22H24ClN5O4. The minimum Gasteiger partial charge on any atom is -0.495 e. The fourth-order valence-electron chi connectivity index (χ4n) is 3.79. The topological polar surface area (TPSA) is 109 Å². The number of hydrogen-bond acceptors (Lipinski definition) is 6. The monoisotopic (exact) mass is 457 g/mol. The van der Waals surface area contributed by atoms with Crippen LogP contribution in [0.4, 0.5) is 0 Å². The van der Waals surface area contributed by atoms with Gasteiger partial charge >= 0.3 is 0 Å². The fourth-order valence-corrected chi connectivity index (χ4v) is 3.96. The van der Waals surface area contributed by atoms with Crippen molar-refractivity contribution in [2.45, 2.75) is 25.0 Å². The maximum Gasteiger partial charge on any atom is 0.268 e. The molecule has 0 bridgehead atoms. The number of fused-ring (bicyclic) bond motifs is 1. The Morgan fingerprint density at radius 3 is 2.81 bits per heavy atom. The summed E-state index contributed by atoms with van der Waals surface area (Å²) in [5, 5.41) is 4.04. The van der Waals surface area contributed by atoms with E-state index in [1.807, 2.05) is 6.92 Å². The first-order chi connectivity index (χ1) is 15.3. The largest absolute Gasteiger partial charge is 0.495 e. The summed E-state index contributed by atoms with van der Waals surface area (Å²) >= 11 is 5.99. The first kappa shape index (κ1) is 22.0. The predicted molar refractivity (Wildman–Crippen MR) is 119 cm³/mol. The van der Waals surface area contributed by atoms with Gasteiger partial charge in [-0.25, -0.2) is 4.98 Å². The number of hydrogen-bond donors (Lipinski definition) is 2. The highest BCUT2D eigenvalue weighted by molar-refractivity contribution is 6.31. The standard InChI is InChI=1S/C22H24ClN5O4/c1-22(32-3)11-28(12-22)21(30)17(7-13-4-5-24-10-18(13)31-2)27-20(29)16-8-14-6-15(23)9-25-19(14)26-16/h4-6,8-10,17H,7,11-12H2,1-3H3,(H,25,26)(H,27,29)/t17-/m1/s1. The Bertz CT molecular complexity index is 1160. The summed E-state index contributed by atoms with van der Waals surface area (Å²) in [5.74, 6) is -0.0566. The summed E-state index contributed by atoms with van der Waals surface area (Å²) < 4.78 is 10.8. The van der Waals surface area contributed by atoms with Gasteiger partial charge < -0.3 is 24.7 Å². The Morgan fingerprint density at radius 2 is 2.09 bits per heavy atom. The van der Waals surface area contributed by atoms with Crippen LogP contribution in [-0.2, 0) is 16.0 Å². The zero-order valence-electron chi connectivity index (χ0n) is 18.0. The average Bonchev–Trinajstić information content (AvgIpc) is 3.19. The number of rotatable bonds is 7. The molecular weight excluding hydrogens is 434 g/mol. The van der Waals surface area contributed by atoms with E-state index >= 15 is 0 Å². The minimum absolute atomic E-state index is 0.191.